The minimum Gasteiger partial charge on any atom is -0.383 e. The normalized spacial score (nSPS) is 28.6. The molecule has 0 aromatic heterocycles. The molecule has 1 saturated carbocycles. The molecule has 1 N–H and O–H groups in total. The van der Waals surface area contributed by atoms with Crippen molar-refractivity contribution in [1.29, 1.82) is 5.26 Å². The summed E-state index contributed by atoms with van der Waals surface area (Å²) in [6, 6.07) is 12.3. The Morgan fingerprint density at radius 3 is 2.33 bits per heavy atom. The fourth-order valence-corrected chi connectivity index (χ4v) is 4.02. The van der Waals surface area contributed by atoms with Crippen LogP contribution in [0.5, 0.6) is 0 Å². The number of nitriles is 1. The van der Waals surface area contributed by atoms with Gasteiger partial charge in [-0.15, -0.1) is 0 Å². The van der Waals surface area contributed by atoms with Crippen LogP contribution in [0.3, 0.4) is 0 Å². The molecule has 2 heteroatoms. The van der Waals surface area contributed by atoms with E-state index in [4.69, 9.17) is 0 Å². The van der Waals surface area contributed by atoms with Gasteiger partial charge in [0.2, 0.25) is 0 Å². The first-order valence-electron chi connectivity index (χ1n) is 8.31. The molecule has 0 heterocycles. The van der Waals surface area contributed by atoms with Crippen LogP contribution in [0.1, 0.15) is 64.4 Å². The van der Waals surface area contributed by atoms with Gasteiger partial charge in [-0.1, -0.05) is 57.0 Å². The molecule has 0 saturated heterocycles. The van der Waals surface area contributed by atoms with E-state index in [1.54, 1.807) is 0 Å². The van der Waals surface area contributed by atoms with Crippen molar-refractivity contribution in [3.63, 3.8) is 0 Å². The fraction of sp³-hybridized carbons (Fsp3) is 0.632. The van der Waals surface area contributed by atoms with Crippen molar-refractivity contribution in [2.75, 3.05) is 0 Å². The van der Waals surface area contributed by atoms with Crippen LogP contribution in [0.4, 0.5) is 0 Å². The Hall–Kier alpha value is -1.33. The maximum atomic E-state index is 11.4. The highest BCUT2D eigenvalue weighted by molar-refractivity contribution is 5.29. The van der Waals surface area contributed by atoms with E-state index in [0.29, 0.717) is 6.42 Å². The van der Waals surface area contributed by atoms with Gasteiger partial charge in [-0.05, 0) is 43.6 Å². The lowest BCUT2D eigenvalue weighted by atomic mass is 9.59. The number of rotatable bonds is 5. The molecule has 2 rings (SSSR count). The first-order chi connectivity index (χ1) is 10.1. The summed E-state index contributed by atoms with van der Waals surface area (Å²) in [6.45, 7) is 4.21. The number of hydrogen-bond donors (Lipinski definition) is 1. The number of aliphatic hydroxyl groups is 1. The molecule has 114 valence electrons. The number of benzene rings is 1. The molecule has 0 spiro atoms. The van der Waals surface area contributed by atoms with Crippen LogP contribution in [0.2, 0.25) is 0 Å². The smallest absolute Gasteiger partial charge is 0.108 e. The highest BCUT2D eigenvalue weighted by Gasteiger charge is 2.52. The Balaban J connectivity index is 2.29. The molecule has 1 aliphatic rings. The molecule has 0 amide bonds. The molecular formula is C19H27NO. The average molecular weight is 285 g/mol. The Morgan fingerprint density at radius 2 is 1.86 bits per heavy atom. The second-order valence-corrected chi connectivity index (χ2v) is 6.51. The predicted octanol–water partition coefficient (Wildman–Crippen LogP) is 4.78. The zero-order chi connectivity index (χ0) is 15.3. The molecule has 0 bridgehead atoms. The molecule has 0 aliphatic heterocycles. The SMILES string of the molecule is CCCC1CCC(C#N)(C(O)(CC)c2ccccc2)CC1. The molecule has 0 radical (unpaired) electrons. The van der Waals surface area contributed by atoms with E-state index in [1.165, 1.54) is 12.8 Å². The molecule has 1 aliphatic carbocycles. The van der Waals surface area contributed by atoms with E-state index >= 15 is 0 Å². The first kappa shape index (κ1) is 16.0. The van der Waals surface area contributed by atoms with Crippen LogP contribution < -0.4 is 0 Å². The summed E-state index contributed by atoms with van der Waals surface area (Å²) in [5.74, 6) is 0.730. The Kier molecular flexibility index (Phi) is 5.06. The molecule has 2 nitrogen and oxygen atoms in total. The maximum absolute atomic E-state index is 11.4. The summed E-state index contributed by atoms with van der Waals surface area (Å²) in [7, 11) is 0. The third-order valence-corrected chi connectivity index (χ3v) is 5.42. The van der Waals surface area contributed by atoms with Crippen LogP contribution in [0.15, 0.2) is 30.3 Å². The van der Waals surface area contributed by atoms with Crippen molar-refractivity contribution < 1.29 is 5.11 Å². The van der Waals surface area contributed by atoms with Gasteiger partial charge in [0.05, 0.1) is 11.5 Å². The van der Waals surface area contributed by atoms with Crippen molar-refractivity contribution in [2.45, 2.75) is 64.4 Å². The summed E-state index contributed by atoms with van der Waals surface area (Å²) in [4.78, 5) is 0. The lowest BCUT2D eigenvalue weighted by Gasteiger charge is -2.46. The highest BCUT2D eigenvalue weighted by atomic mass is 16.3. The zero-order valence-corrected chi connectivity index (χ0v) is 13.3. The second kappa shape index (κ2) is 6.62. The molecule has 1 aromatic rings. The maximum Gasteiger partial charge on any atom is 0.108 e. The van der Waals surface area contributed by atoms with Gasteiger partial charge in [0.25, 0.3) is 0 Å². The Morgan fingerprint density at radius 1 is 1.24 bits per heavy atom. The number of nitrogens with zero attached hydrogens (tertiary/aromatic N) is 1. The van der Waals surface area contributed by atoms with Crippen LogP contribution >= 0.6 is 0 Å². The van der Waals surface area contributed by atoms with Gasteiger partial charge in [-0.2, -0.15) is 5.26 Å². The van der Waals surface area contributed by atoms with Gasteiger partial charge >= 0.3 is 0 Å². The van der Waals surface area contributed by atoms with Crippen molar-refractivity contribution in [3.05, 3.63) is 35.9 Å². The second-order valence-electron chi connectivity index (χ2n) is 6.51. The zero-order valence-electron chi connectivity index (χ0n) is 13.3. The molecule has 1 atom stereocenters. The van der Waals surface area contributed by atoms with E-state index in [0.717, 1.165) is 37.2 Å². The monoisotopic (exact) mass is 285 g/mol. The molecular weight excluding hydrogens is 258 g/mol. The van der Waals surface area contributed by atoms with Gasteiger partial charge in [0.15, 0.2) is 0 Å². The van der Waals surface area contributed by atoms with E-state index in [2.05, 4.69) is 13.0 Å². The first-order valence-corrected chi connectivity index (χ1v) is 8.31. The summed E-state index contributed by atoms with van der Waals surface area (Å²) >= 11 is 0. The highest BCUT2D eigenvalue weighted by Crippen LogP contribution is 2.52. The van der Waals surface area contributed by atoms with E-state index < -0.39 is 11.0 Å². The van der Waals surface area contributed by atoms with Crippen molar-refractivity contribution in [2.24, 2.45) is 11.3 Å². The molecule has 1 unspecified atom stereocenters. The minimum absolute atomic E-state index is 0.586. The van der Waals surface area contributed by atoms with Gasteiger partial charge in [0, 0.05) is 0 Å². The van der Waals surface area contributed by atoms with Gasteiger partial charge in [-0.3, -0.25) is 0 Å². The van der Waals surface area contributed by atoms with Gasteiger partial charge in [-0.25, -0.2) is 0 Å². The largest absolute Gasteiger partial charge is 0.383 e. The lowest BCUT2D eigenvalue weighted by Crippen LogP contribution is -2.47. The van der Waals surface area contributed by atoms with Crippen LogP contribution in [-0.2, 0) is 5.60 Å². The van der Waals surface area contributed by atoms with Crippen LogP contribution in [-0.4, -0.2) is 5.11 Å². The standard InChI is InChI=1S/C19H27NO/c1-3-8-16-11-13-18(15-20,14-12-16)19(21,4-2)17-9-6-5-7-10-17/h5-7,9-10,16,21H,3-4,8,11-14H2,1-2H3. The van der Waals surface area contributed by atoms with E-state index in [9.17, 15) is 10.4 Å². The topological polar surface area (TPSA) is 44.0 Å². The Bertz CT molecular complexity index is 482. The summed E-state index contributed by atoms with van der Waals surface area (Å²) < 4.78 is 0. The fourth-order valence-electron chi connectivity index (χ4n) is 4.02. The quantitative estimate of drug-likeness (QED) is 0.845. The average Bonchev–Trinajstić information content (AvgIpc) is 2.56. The summed E-state index contributed by atoms with van der Waals surface area (Å²) in [5.41, 5.74) is -0.768. The Labute approximate surface area is 128 Å². The molecule has 1 fully saturated rings. The van der Waals surface area contributed by atoms with Crippen molar-refractivity contribution in [1.82, 2.24) is 0 Å². The van der Waals surface area contributed by atoms with Crippen LogP contribution in [0, 0.1) is 22.7 Å². The van der Waals surface area contributed by atoms with Gasteiger partial charge in [0.1, 0.15) is 5.60 Å². The van der Waals surface area contributed by atoms with Crippen molar-refractivity contribution >= 4 is 0 Å². The van der Waals surface area contributed by atoms with E-state index in [-0.39, 0.29) is 0 Å². The minimum atomic E-state index is -1.03. The number of hydrogen-bond acceptors (Lipinski definition) is 2. The third-order valence-electron chi connectivity index (χ3n) is 5.42. The summed E-state index contributed by atoms with van der Waals surface area (Å²) in [5, 5.41) is 21.2. The van der Waals surface area contributed by atoms with E-state index in [1.807, 2.05) is 37.3 Å². The predicted molar refractivity (Wildman–Crippen MR) is 85.5 cm³/mol. The van der Waals surface area contributed by atoms with Crippen LogP contribution in [0.25, 0.3) is 0 Å². The summed E-state index contributed by atoms with van der Waals surface area (Å²) in [6.07, 6.45) is 6.80. The molecule has 1 aromatic carbocycles. The lowest BCUT2D eigenvalue weighted by molar-refractivity contribution is -0.0880. The van der Waals surface area contributed by atoms with Gasteiger partial charge < -0.3 is 5.11 Å². The van der Waals surface area contributed by atoms with Crippen molar-refractivity contribution in [3.8, 4) is 6.07 Å². The third kappa shape index (κ3) is 2.85. The molecule has 21 heavy (non-hydrogen) atoms.